The van der Waals surface area contributed by atoms with Crippen molar-refractivity contribution in [1.82, 2.24) is 10.2 Å². The summed E-state index contributed by atoms with van der Waals surface area (Å²) in [6.45, 7) is 1.90. The van der Waals surface area contributed by atoms with E-state index < -0.39 is 0 Å². The number of hydrogen-bond donors (Lipinski definition) is 1. The van der Waals surface area contributed by atoms with Gasteiger partial charge in [0.2, 0.25) is 0 Å². The predicted octanol–water partition coefficient (Wildman–Crippen LogP) is 2.08. The third kappa shape index (κ3) is 3.30. The highest BCUT2D eigenvalue weighted by Gasteiger charge is 2.20. The fraction of sp³-hybridized carbons (Fsp3) is 0.909. The molecule has 15 heavy (non-hydrogen) atoms. The van der Waals surface area contributed by atoms with E-state index in [0.717, 1.165) is 25.3 Å². The van der Waals surface area contributed by atoms with Crippen molar-refractivity contribution in [2.45, 2.75) is 38.1 Å². The van der Waals surface area contributed by atoms with Crippen molar-refractivity contribution in [3.8, 4) is 0 Å². The molecule has 0 bridgehead atoms. The number of urea groups is 1. The summed E-state index contributed by atoms with van der Waals surface area (Å²) in [5, 5.41) is 3.15. The number of nitrogens with one attached hydrogen (secondary N) is 1. The van der Waals surface area contributed by atoms with E-state index in [1.54, 1.807) is 0 Å². The monoisotopic (exact) mass is 228 g/mol. The van der Waals surface area contributed by atoms with Crippen molar-refractivity contribution in [2.24, 2.45) is 0 Å². The van der Waals surface area contributed by atoms with Crippen molar-refractivity contribution in [2.75, 3.05) is 24.6 Å². The molecule has 1 N–H and O–H groups in total. The van der Waals surface area contributed by atoms with Crippen LogP contribution in [0.5, 0.6) is 0 Å². The summed E-state index contributed by atoms with van der Waals surface area (Å²) in [6.07, 6.45) is 6.03. The summed E-state index contributed by atoms with van der Waals surface area (Å²) >= 11 is 1.96. The summed E-state index contributed by atoms with van der Waals surface area (Å²) in [6, 6.07) is 0.584. The van der Waals surface area contributed by atoms with Gasteiger partial charge in [-0.1, -0.05) is 0 Å². The molecule has 0 aromatic rings. The van der Waals surface area contributed by atoms with Crippen molar-refractivity contribution in [1.29, 1.82) is 0 Å². The fourth-order valence-electron chi connectivity index (χ4n) is 2.22. The summed E-state index contributed by atoms with van der Waals surface area (Å²) in [7, 11) is 0. The topological polar surface area (TPSA) is 32.3 Å². The number of likely N-dealkylation sites (tertiary alicyclic amines) is 1. The van der Waals surface area contributed by atoms with Gasteiger partial charge in [-0.2, -0.15) is 11.8 Å². The zero-order valence-electron chi connectivity index (χ0n) is 9.21. The van der Waals surface area contributed by atoms with Crippen molar-refractivity contribution in [3.05, 3.63) is 0 Å². The number of carbonyl (C=O) groups is 1. The van der Waals surface area contributed by atoms with Gasteiger partial charge in [0.25, 0.3) is 0 Å². The lowest BCUT2D eigenvalue weighted by Crippen LogP contribution is -2.48. The van der Waals surface area contributed by atoms with Crippen LogP contribution >= 0.6 is 11.8 Å². The van der Waals surface area contributed by atoms with Crippen LogP contribution in [-0.2, 0) is 0 Å². The van der Waals surface area contributed by atoms with Gasteiger partial charge in [-0.05, 0) is 37.9 Å². The zero-order chi connectivity index (χ0) is 10.5. The highest BCUT2D eigenvalue weighted by atomic mass is 32.2. The Morgan fingerprint density at radius 3 is 2.67 bits per heavy atom. The normalized spacial score (nSPS) is 27.5. The van der Waals surface area contributed by atoms with Gasteiger partial charge < -0.3 is 10.2 Å². The molecule has 2 aliphatic rings. The summed E-state index contributed by atoms with van der Waals surface area (Å²) in [5.41, 5.74) is 0. The first-order valence-corrected chi connectivity index (χ1v) is 7.15. The lowest BCUT2D eigenvalue weighted by molar-refractivity contribution is 0.183. The standard InChI is InChI=1S/C11H20N2OS/c14-11(13-6-2-1-3-7-13)12-10-5-4-8-15-9-10/h10H,1-9H2,(H,12,14). The molecular formula is C11H20N2OS. The molecule has 3 nitrogen and oxygen atoms in total. The highest BCUT2D eigenvalue weighted by Crippen LogP contribution is 2.17. The largest absolute Gasteiger partial charge is 0.334 e. The van der Waals surface area contributed by atoms with Gasteiger partial charge in [-0.25, -0.2) is 4.79 Å². The second-order valence-electron chi connectivity index (χ2n) is 4.41. The van der Waals surface area contributed by atoms with Crippen LogP contribution in [0.3, 0.4) is 0 Å². The molecule has 0 aliphatic carbocycles. The molecule has 1 atom stereocenters. The van der Waals surface area contributed by atoms with E-state index in [0.29, 0.717) is 6.04 Å². The minimum atomic E-state index is 0.169. The molecule has 0 aromatic heterocycles. The SMILES string of the molecule is O=C(NC1CCCSC1)N1CCCCC1. The Morgan fingerprint density at radius 2 is 2.00 bits per heavy atom. The molecule has 86 valence electrons. The molecular weight excluding hydrogens is 208 g/mol. The average molecular weight is 228 g/mol. The first-order valence-electron chi connectivity index (χ1n) is 5.99. The Hall–Kier alpha value is -0.380. The zero-order valence-corrected chi connectivity index (χ0v) is 10.0. The number of thioether (sulfide) groups is 1. The van der Waals surface area contributed by atoms with Crippen LogP contribution in [0.2, 0.25) is 0 Å². The van der Waals surface area contributed by atoms with E-state index in [9.17, 15) is 4.79 Å². The Labute approximate surface area is 96.0 Å². The average Bonchev–Trinajstić information content (AvgIpc) is 2.31. The summed E-state index contributed by atoms with van der Waals surface area (Å²) in [4.78, 5) is 13.8. The molecule has 0 aromatic carbocycles. The van der Waals surface area contributed by atoms with Gasteiger partial charge in [0.1, 0.15) is 0 Å². The van der Waals surface area contributed by atoms with Crippen molar-refractivity contribution >= 4 is 17.8 Å². The van der Waals surface area contributed by atoms with E-state index in [4.69, 9.17) is 0 Å². The Morgan fingerprint density at radius 1 is 1.20 bits per heavy atom. The van der Waals surface area contributed by atoms with E-state index >= 15 is 0 Å². The molecule has 2 heterocycles. The molecule has 2 amide bonds. The smallest absolute Gasteiger partial charge is 0.317 e. The predicted molar refractivity (Wildman–Crippen MR) is 64.3 cm³/mol. The molecule has 2 saturated heterocycles. The minimum Gasteiger partial charge on any atom is -0.334 e. The molecule has 2 aliphatic heterocycles. The van der Waals surface area contributed by atoms with E-state index in [-0.39, 0.29) is 6.03 Å². The number of rotatable bonds is 1. The van der Waals surface area contributed by atoms with E-state index in [2.05, 4.69) is 5.32 Å². The van der Waals surface area contributed by atoms with Crippen LogP contribution in [0.1, 0.15) is 32.1 Å². The Balaban J connectivity index is 1.74. The molecule has 2 rings (SSSR count). The first kappa shape index (κ1) is 11.1. The second-order valence-corrected chi connectivity index (χ2v) is 5.56. The number of piperidine rings is 1. The second kappa shape index (κ2) is 5.64. The van der Waals surface area contributed by atoms with Gasteiger partial charge in [0.05, 0.1) is 0 Å². The van der Waals surface area contributed by atoms with Crippen LogP contribution in [0, 0.1) is 0 Å². The van der Waals surface area contributed by atoms with Gasteiger partial charge in [-0.3, -0.25) is 0 Å². The highest BCUT2D eigenvalue weighted by molar-refractivity contribution is 7.99. The quantitative estimate of drug-likeness (QED) is 0.745. The Bertz CT molecular complexity index is 211. The maximum absolute atomic E-state index is 11.9. The van der Waals surface area contributed by atoms with Crippen LogP contribution < -0.4 is 5.32 Å². The number of carbonyl (C=O) groups excluding carboxylic acids is 1. The van der Waals surface area contributed by atoms with Crippen LogP contribution in [0.15, 0.2) is 0 Å². The lowest BCUT2D eigenvalue weighted by Gasteiger charge is -2.30. The molecule has 0 saturated carbocycles. The van der Waals surface area contributed by atoms with Crippen molar-refractivity contribution < 1.29 is 4.79 Å². The van der Waals surface area contributed by atoms with Gasteiger partial charge in [-0.15, -0.1) is 0 Å². The molecule has 0 radical (unpaired) electrons. The third-order valence-corrected chi connectivity index (χ3v) is 4.35. The minimum absolute atomic E-state index is 0.169. The van der Waals surface area contributed by atoms with Crippen LogP contribution in [0.4, 0.5) is 4.79 Å². The fourth-order valence-corrected chi connectivity index (χ4v) is 3.29. The third-order valence-electron chi connectivity index (χ3n) is 3.13. The maximum atomic E-state index is 11.9. The molecule has 0 spiro atoms. The molecule has 4 heteroatoms. The Kier molecular flexibility index (Phi) is 4.18. The van der Waals surface area contributed by atoms with Gasteiger partial charge >= 0.3 is 6.03 Å². The van der Waals surface area contributed by atoms with E-state index in [1.807, 2.05) is 16.7 Å². The lowest BCUT2D eigenvalue weighted by atomic mass is 10.1. The maximum Gasteiger partial charge on any atom is 0.317 e. The van der Waals surface area contributed by atoms with Gasteiger partial charge in [0, 0.05) is 24.9 Å². The molecule has 1 unspecified atom stereocenters. The van der Waals surface area contributed by atoms with Crippen molar-refractivity contribution in [3.63, 3.8) is 0 Å². The number of hydrogen-bond acceptors (Lipinski definition) is 2. The van der Waals surface area contributed by atoms with Crippen LogP contribution in [0.25, 0.3) is 0 Å². The number of amides is 2. The molecule has 2 fully saturated rings. The van der Waals surface area contributed by atoms with Gasteiger partial charge in [0.15, 0.2) is 0 Å². The summed E-state index contributed by atoms with van der Waals surface area (Å²) < 4.78 is 0. The summed E-state index contributed by atoms with van der Waals surface area (Å²) in [5.74, 6) is 2.36. The number of nitrogens with zero attached hydrogens (tertiary/aromatic N) is 1. The first-order chi connectivity index (χ1) is 7.36. The van der Waals surface area contributed by atoms with E-state index in [1.165, 1.54) is 31.4 Å². The van der Waals surface area contributed by atoms with Crippen LogP contribution in [-0.4, -0.2) is 41.6 Å².